The molecule has 1 N–H and O–H groups in total. The van der Waals surface area contributed by atoms with Crippen molar-refractivity contribution in [1.29, 1.82) is 5.26 Å². The standard InChI is InChI=1S/C30H35F6N3O2/c1-4-8-22-16-25(28(40,29(31,32)33)30(34,35)36)17-23(9-5-2)26(22)41-15-7-6-14-39-19-27(3,38-20-39)24-12-10-21(18-37)11-13-24/h10-13,16-17,20,40H,4-9,14-15,19H2,1-3H3. The molecular formula is C30H35F6N3O2. The summed E-state index contributed by atoms with van der Waals surface area (Å²) in [6, 6.07) is 11.0. The normalized spacial score (nSPS) is 17.6. The molecule has 1 aliphatic heterocycles. The first kappa shape index (κ1) is 32.3. The Kier molecular flexibility index (Phi) is 10.0. The summed E-state index contributed by atoms with van der Waals surface area (Å²) in [5.41, 5.74) is -4.66. The van der Waals surface area contributed by atoms with Crippen LogP contribution in [0.15, 0.2) is 41.4 Å². The van der Waals surface area contributed by atoms with Gasteiger partial charge in [0.2, 0.25) is 0 Å². The molecule has 0 radical (unpaired) electrons. The van der Waals surface area contributed by atoms with Crippen LogP contribution in [0.3, 0.4) is 0 Å². The van der Waals surface area contributed by atoms with Gasteiger partial charge in [-0.1, -0.05) is 38.8 Å². The van der Waals surface area contributed by atoms with Gasteiger partial charge in [0.15, 0.2) is 0 Å². The van der Waals surface area contributed by atoms with Crippen LogP contribution in [-0.4, -0.2) is 48.4 Å². The molecule has 0 aliphatic carbocycles. The van der Waals surface area contributed by atoms with Crippen LogP contribution >= 0.6 is 0 Å². The third-order valence-electron chi connectivity index (χ3n) is 7.26. The Morgan fingerprint density at radius 1 is 0.976 bits per heavy atom. The van der Waals surface area contributed by atoms with E-state index in [0.717, 1.165) is 24.1 Å². The summed E-state index contributed by atoms with van der Waals surface area (Å²) >= 11 is 0. The number of aryl methyl sites for hydroxylation is 2. The molecule has 1 heterocycles. The Morgan fingerprint density at radius 3 is 2.02 bits per heavy atom. The molecule has 41 heavy (non-hydrogen) atoms. The molecule has 2 aromatic carbocycles. The van der Waals surface area contributed by atoms with Gasteiger partial charge in [0, 0.05) is 18.7 Å². The SMILES string of the molecule is CCCc1cc(C(O)(C(F)(F)F)C(F)(F)F)cc(CCC)c1OCCCCN1C=NC(C)(c2ccc(C#N)cc2)C1. The van der Waals surface area contributed by atoms with Crippen LogP contribution < -0.4 is 4.74 Å². The van der Waals surface area contributed by atoms with Gasteiger partial charge in [-0.05, 0) is 73.6 Å². The van der Waals surface area contributed by atoms with E-state index in [1.54, 1.807) is 32.3 Å². The maximum atomic E-state index is 13.6. The summed E-state index contributed by atoms with van der Waals surface area (Å²) in [5.74, 6) is 0.292. The number of rotatable bonds is 12. The van der Waals surface area contributed by atoms with Crippen LogP contribution in [0.2, 0.25) is 0 Å². The van der Waals surface area contributed by atoms with Gasteiger partial charge in [0.05, 0.1) is 24.6 Å². The molecule has 11 heteroatoms. The van der Waals surface area contributed by atoms with Gasteiger partial charge in [-0.25, -0.2) is 0 Å². The molecule has 2 aromatic rings. The maximum Gasteiger partial charge on any atom is 0.430 e. The van der Waals surface area contributed by atoms with Gasteiger partial charge in [-0.2, -0.15) is 31.6 Å². The van der Waals surface area contributed by atoms with Gasteiger partial charge in [-0.3, -0.25) is 4.99 Å². The number of hydrogen-bond donors (Lipinski definition) is 1. The molecule has 0 aromatic heterocycles. The van der Waals surface area contributed by atoms with E-state index in [9.17, 15) is 31.4 Å². The lowest BCUT2D eigenvalue weighted by Crippen LogP contribution is -2.54. The van der Waals surface area contributed by atoms with Crippen molar-refractivity contribution < 1.29 is 36.2 Å². The van der Waals surface area contributed by atoms with Crippen molar-refractivity contribution in [3.8, 4) is 11.8 Å². The highest BCUT2D eigenvalue weighted by Crippen LogP contribution is 2.51. The highest BCUT2D eigenvalue weighted by atomic mass is 19.4. The second-order valence-electron chi connectivity index (χ2n) is 10.6. The summed E-state index contributed by atoms with van der Waals surface area (Å²) in [6.45, 7) is 7.11. The van der Waals surface area contributed by atoms with Crippen molar-refractivity contribution >= 4 is 6.34 Å². The van der Waals surface area contributed by atoms with Crippen molar-refractivity contribution in [2.75, 3.05) is 19.7 Å². The van der Waals surface area contributed by atoms with Crippen molar-refractivity contribution in [3.05, 3.63) is 64.2 Å². The molecule has 1 unspecified atom stereocenters. The van der Waals surface area contributed by atoms with E-state index in [-0.39, 0.29) is 30.6 Å². The highest BCUT2D eigenvalue weighted by molar-refractivity contribution is 5.60. The summed E-state index contributed by atoms with van der Waals surface area (Å²) in [7, 11) is 0. The van der Waals surface area contributed by atoms with Gasteiger partial charge >= 0.3 is 12.4 Å². The summed E-state index contributed by atoms with van der Waals surface area (Å²) in [4.78, 5) is 6.73. The molecule has 0 bridgehead atoms. The maximum absolute atomic E-state index is 13.6. The van der Waals surface area contributed by atoms with Gasteiger partial charge < -0.3 is 14.7 Å². The van der Waals surface area contributed by atoms with E-state index in [2.05, 4.69) is 16.0 Å². The predicted molar refractivity (Wildman–Crippen MR) is 144 cm³/mol. The molecule has 0 amide bonds. The van der Waals surface area contributed by atoms with Gasteiger partial charge in [-0.15, -0.1) is 0 Å². The Bertz CT molecular complexity index is 1210. The lowest BCUT2D eigenvalue weighted by Gasteiger charge is -2.33. The quantitative estimate of drug-likeness (QED) is 0.212. The molecule has 0 spiro atoms. The lowest BCUT2D eigenvalue weighted by molar-refractivity contribution is -0.376. The van der Waals surface area contributed by atoms with Crippen molar-refractivity contribution in [3.63, 3.8) is 0 Å². The minimum atomic E-state index is -5.95. The molecule has 0 saturated carbocycles. The monoisotopic (exact) mass is 583 g/mol. The number of nitriles is 1. The molecule has 0 fully saturated rings. The number of aliphatic imine (C=N–C) groups is 1. The Balaban J connectivity index is 1.69. The zero-order valence-corrected chi connectivity index (χ0v) is 23.4. The summed E-state index contributed by atoms with van der Waals surface area (Å²) in [5, 5.41) is 19.0. The van der Waals surface area contributed by atoms with Crippen LogP contribution in [0.4, 0.5) is 26.3 Å². The van der Waals surface area contributed by atoms with Crippen LogP contribution in [0.25, 0.3) is 0 Å². The van der Waals surface area contributed by atoms with Crippen LogP contribution in [0.1, 0.15) is 74.3 Å². The lowest BCUT2D eigenvalue weighted by atomic mass is 9.87. The largest absolute Gasteiger partial charge is 0.493 e. The highest BCUT2D eigenvalue weighted by Gasteiger charge is 2.71. The molecule has 224 valence electrons. The second kappa shape index (κ2) is 12.7. The molecule has 0 saturated heterocycles. The fourth-order valence-corrected chi connectivity index (χ4v) is 5.03. The molecular weight excluding hydrogens is 548 g/mol. The van der Waals surface area contributed by atoms with Crippen LogP contribution in [-0.2, 0) is 24.0 Å². The van der Waals surface area contributed by atoms with Crippen LogP contribution in [0.5, 0.6) is 5.75 Å². The fraction of sp³-hybridized carbons (Fsp3) is 0.533. The summed E-state index contributed by atoms with van der Waals surface area (Å²) in [6.07, 6.45) is -7.45. The average molecular weight is 584 g/mol. The zero-order valence-electron chi connectivity index (χ0n) is 23.4. The average Bonchev–Trinajstić information content (AvgIpc) is 3.30. The molecule has 3 rings (SSSR count). The number of benzene rings is 2. The first-order valence-electron chi connectivity index (χ1n) is 13.6. The van der Waals surface area contributed by atoms with Gasteiger partial charge in [0.1, 0.15) is 11.3 Å². The van der Waals surface area contributed by atoms with E-state index in [1.165, 1.54) is 0 Å². The minimum Gasteiger partial charge on any atom is -0.493 e. The number of hydrogen-bond acceptors (Lipinski definition) is 5. The predicted octanol–water partition coefficient (Wildman–Crippen LogP) is 7.19. The molecule has 1 aliphatic rings. The number of nitrogens with zero attached hydrogens (tertiary/aromatic N) is 3. The number of halogens is 6. The second-order valence-corrected chi connectivity index (χ2v) is 10.6. The van der Waals surface area contributed by atoms with E-state index >= 15 is 0 Å². The van der Waals surface area contributed by atoms with E-state index in [4.69, 9.17) is 10.00 Å². The van der Waals surface area contributed by atoms with Crippen molar-refractivity contribution in [2.45, 2.75) is 82.8 Å². The number of aliphatic hydroxyl groups is 1. The van der Waals surface area contributed by atoms with E-state index < -0.39 is 29.1 Å². The number of alkyl halides is 6. The number of unbranched alkanes of at least 4 members (excludes halogenated alkanes) is 1. The molecule has 5 nitrogen and oxygen atoms in total. The zero-order chi connectivity index (χ0) is 30.5. The Labute approximate surface area is 236 Å². The van der Waals surface area contributed by atoms with Crippen LogP contribution in [0, 0.1) is 11.3 Å². The fourth-order valence-electron chi connectivity index (χ4n) is 5.03. The van der Waals surface area contributed by atoms with Crippen molar-refractivity contribution in [2.24, 2.45) is 4.99 Å². The van der Waals surface area contributed by atoms with E-state index in [1.807, 2.05) is 19.1 Å². The minimum absolute atomic E-state index is 0.198. The first-order chi connectivity index (χ1) is 19.2. The number of ether oxygens (including phenoxy) is 1. The third kappa shape index (κ3) is 6.97. The van der Waals surface area contributed by atoms with Crippen molar-refractivity contribution in [1.82, 2.24) is 4.90 Å². The third-order valence-corrected chi connectivity index (χ3v) is 7.26. The Hall–Kier alpha value is -3.26. The Morgan fingerprint density at radius 2 is 1.54 bits per heavy atom. The first-order valence-corrected chi connectivity index (χ1v) is 13.6. The molecule has 1 atom stereocenters. The van der Waals surface area contributed by atoms with Gasteiger partial charge in [0.25, 0.3) is 5.60 Å². The van der Waals surface area contributed by atoms with E-state index in [0.29, 0.717) is 43.7 Å². The topological polar surface area (TPSA) is 68.8 Å². The smallest absolute Gasteiger partial charge is 0.430 e. The summed E-state index contributed by atoms with van der Waals surface area (Å²) < 4.78 is 87.5.